The molecule has 0 saturated heterocycles. The van der Waals surface area contributed by atoms with Crippen molar-refractivity contribution in [3.63, 3.8) is 0 Å². The fourth-order valence-corrected chi connectivity index (χ4v) is 1.91. The second-order valence-electron chi connectivity index (χ2n) is 3.95. The summed E-state index contributed by atoms with van der Waals surface area (Å²) in [5.41, 5.74) is 2.03. The lowest BCUT2D eigenvalue weighted by Crippen LogP contribution is -2.24. The summed E-state index contributed by atoms with van der Waals surface area (Å²) in [5.74, 6) is -0.0350. The Morgan fingerprint density at radius 1 is 1.41 bits per heavy atom. The van der Waals surface area contributed by atoms with Crippen LogP contribution in [0.3, 0.4) is 0 Å². The van der Waals surface area contributed by atoms with Gasteiger partial charge < -0.3 is 9.15 Å². The molecule has 114 valence electrons. The zero-order valence-corrected chi connectivity index (χ0v) is 13.2. The predicted molar refractivity (Wildman–Crippen MR) is 85.8 cm³/mol. The Morgan fingerprint density at radius 3 is 2.86 bits per heavy atom. The van der Waals surface area contributed by atoms with Crippen LogP contribution in [0.2, 0.25) is 0 Å². The van der Waals surface area contributed by atoms with Gasteiger partial charge in [0.1, 0.15) is 5.76 Å². The molecule has 0 unspecified atom stereocenters. The maximum atomic E-state index is 11.5. The lowest BCUT2D eigenvalue weighted by molar-refractivity contribution is -0.385. The van der Waals surface area contributed by atoms with Crippen LogP contribution >= 0.6 is 22.6 Å². The number of rotatable bonds is 6. The number of carbonyl (C=O) groups excluding carboxylic acids is 1. The van der Waals surface area contributed by atoms with Crippen LogP contribution in [-0.4, -0.2) is 23.7 Å². The first-order valence-corrected chi connectivity index (χ1v) is 7.07. The van der Waals surface area contributed by atoms with Gasteiger partial charge in [0.05, 0.1) is 11.1 Å². The number of benzene rings is 1. The van der Waals surface area contributed by atoms with E-state index in [1.165, 1.54) is 24.4 Å². The molecule has 1 heterocycles. The molecule has 0 fully saturated rings. The lowest BCUT2D eigenvalue weighted by atomic mass is 10.3. The highest BCUT2D eigenvalue weighted by atomic mass is 127. The molecule has 0 radical (unpaired) electrons. The molecule has 0 aliphatic rings. The van der Waals surface area contributed by atoms with E-state index in [0.29, 0.717) is 9.53 Å². The zero-order chi connectivity index (χ0) is 15.9. The van der Waals surface area contributed by atoms with E-state index in [1.807, 2.05) is 22.6 Å². The van der Waals surface area contributed by atoms with Crippen molar-refractivity contribution in [2.75, 3.05) is 6.61 Å². The standard InChI is InChI=1S/C13H10IN3O5/c14-12-6-5-9(22-12)7-15-16-13(18)8-21-11-4-2-1-3-10(11)17(19)20/h1-7H,8H2,(H,16,18). The largest absolute Gasteiger partial charge is 0.477 e. The summed E-state index contributed by atoms with van der Waals surface area (Å²) in [7, 11) is 0. The lowest BCUT2D eigenvalue weighted by Gasteiger charge is -2.05. The van der Waals surface area contributed by atoms with Crippen molar-refractivity contribution in [1.29, 1.82) is 0 Å². The van der Waals surface area contributed by atoms with Gasteiger partial charge in [0, 0.05) is 6.07 Å². The molecule has 2 aromatic rings. The molecule has 0 atom stereocenters. The van der Waals surface area contributed by atoms with Crippen molar-refractivity contribution in [3.05, 3.63) is 56.0 Å². The first-order valence-electron chi connectivity index (χ1n) is 5.99. The summed E-state index contributed by atoms with van der Waals surface area (Å²) >= 11 is 2.00. The van der Waals surface area contributed by atoms with Gasteiger partial charge in [-0.05, 0) is 40.8 Å². The van der Waals surface area contributed by atoms with Gasteiger partial charge in [0.25, 0.3) is 5.91 Å². The third-order valence-electron chi connectivity index (χ3n) is 2.40. The Labute approximate surface area is 138 Å². The number of carbonyl (C=O) groups is 1. The van der Waals surface area contributed by atoms with E-state index in [-0.39, 0.29) is 11.4 Å². The third kappa shape index (κ3) is 4.55. The van der Waals surface area contributed by atoms with E-state index in [9.17, 15) is 14.9 Å². The number of nitro groups is 1. The monoisotopic (exact) mass is 415 g/mol. The molecule has 0 aliphatic carbocycles. The number of ether oxygens (including phenoxy) is 1. The number of furan rings is 1. The average molecular weight is 415 g/mol. The summed E-state index contributed by atoms with van der Waals surface area (Å²) in [6, 6.07) is 9.25. The SMILES string of the molecule is O=C(COc1ccccc1[N+](=O)[O-])NN=Cc1ccc(I)o1. The normalized spacial score (nSPS) is 10.6. The van der Waals surface area contributed by atoms with Crippen LogP contribution in [0.25, 0.3) is 0 Å². The molecule has 1 N–H and O–H groups in total. The Bertz CT molecular complexity index is 713. The fourth-order valence-electron chi connectivity index (χ4n) is 1.47. The highest BCUT2D eigenvalue weighted by molar-refractivity contribution is 14.1. The van der Waals surface area contributed by atoms with Crippen LogP contribution in [0.1, 0.15) is 5.76 Å². The summed E-state index contributed by atoms with van der Waals surface area (Å²) in [6.45, 7) is -0.391. The Hall–Kier alpha value is -2.43. The summed E-state index contributed by atoms with van der Waals surface area (Å²) < 4.78 is 11.0. The van der Waals surface area contributed by atoms with Crippen LogP contribution in [0.15, 0.2) is 45.9 Å². The minimum atomic E-state index is -0.579. The van der Waals surface area contributed by atoms with Gasteiger partial charge in [0.15, 0.2) is 16.1 Å². The maximum Gasteiger partial charge on any atom is 0.310 e. The number of nitro benzene ring substituents is 1. The van der Waals surface area contributed by atoms with Crippen molar-refractivity contribution < 1.29 is 18.9 Å². The smallest absolute Gasteiger partial charge is 0.310 e. The summed E-state index contributed by atoms with van der Waals surface area (Å²) in [6.07, 6.45) is 1.34. The van der Waals surface area contributed by atoms with E-state index in [1.54, 1.807) is 18.2 Å². The molecule has 0 saturated carbocycles. The molecular weight excluding hydrogens is 405 g/mol. The number of nitrogens with zero attached hydrogens (tertiary/aromatic N) is 2. The topological polar surface area (TPSA) is 107 Å². The number of hydrogen-bond donors (Lipinski definition) is 1. The van der Waals surface area contributed by atoms with Crippen LogP contribution in [-0.2, 0) is 4.79 Å². The van der Waals surface area contributed by atoms with E-state index in [0.717, 1.165) is 0 Å². The molecule has 1 aromatic carbocycles. The van der Waals surface area contributed by atoms with Gasteiger partial charge in [-0.15, -0.1) is 0 Å². The van der Waals surface area contributed by atoms with Crippen LogP contribution in [0.5, 0.6) is 5.75 Å². The van der Waals surface area contributed by atoms with Crippen LogP contribution in [0, 0.1) is 13.9 Å². The predicted octanol–water partition coefficient (Wildman–Crippen LogP) is 2.32. The van der Waals surface area contributed by atoms with E-state index < -0.39 is 17.4 Å². The second kappa shape index (κ2) is 7.54. The van der Waals surface area contributed by atoms with Gasteiger partial charge in [-0.3, -0.25) is 14.9 Å². The molecule has 0 bridgehead atoms. The molecule has 1 aromatic heterocycles. The van der Waals surface area contributed by atoms with Gasteiger partial charge >= 0.3 is 5.69 Å². The molecule has 8 nitrogen and oxygen atoms in total. The van der Waals surface area contributed by atoms with E-state index >= 15 is 0 Å². The van der Waals surface area contributed by atoms with Gasteiger partial charge in [-0.1, -0.05) is 12.1 Å². The Morgan fingerprint density at radius 2 is 2.18 bits per heavy atom. The number of hydrazone groups is 1. The Balaban J connectivity index is 1.85. The van der Waals surface area contributed by atoms with Crippen molar-refractivity contribution in [2.45, 2.75) is 0 Å². The number of para-hydroxylation sites is 2. The number of halogens is 1. The van der Waals surface area contributed by atoms with E-state index in [4.69, 9.17) is 9.15 Å². The van der Waals surface area contributed by atoms with Crippen molar-refractivity contribution in [1.82, 2.24) is 5.43 Å². The minimum Gasteiger partial charge on any atom is -0.477 e. The van der Waals surface area contributed by atoms with Gasteiger partial charge in [-0.2, -0.15) is 5.10 Å². The quantitative estimate of drug-likeness (QED) is 0.337. The third-order valence-corrected chi connectivity index (χ3v) is 2.98. The Kier molecular flexibility index (Phi) is 5.47. The van der Waals surface area contributed by atoms with E-state index in [2.05, 4.69) is 10.5 Å². The summed E-state index contributed by atoms with van der Waals surface area (Å²) in [5, 5.41) is 14.5. The minimum absolute atomic E-state index is 0.0206. The number of nitrogens with one attached hydrogen (secondary N) is 1. The van der Waals surface area contributed by atoms with Gasteiger partial charge in [0.2, 0.25) is 0 Å². The molecule has 22 heavy (non-hydrogen) atoms. The van der Waals surface area contributed by atoms with Crippen molar-refractivity contribution in [3.8, 4) is 5.75 Å². The molecule has 2 rings (SSSR count). The first-order chi connectivity index (χ1) is 10.6. The van der Waals surface area contributed by atoms with Crippen LogP contribution in [0.4, 0.5) is 5.69 Å². The molecule has 9 heteroatoms. The molecule has 0 spiro atoms. The molecule has 0 aliphatic heterocycles. The highest BCUT2D eigenvalue weighted by Gasteiger charge is 2.14. The summed E-state index contributed by atoms with van der Waals surface area (Å²) in [4.78, 5) is 21.7. The zero-order valence-electron chi connectivity index (χ0n) is 11.1. The fraction of sp³-hybridized carbons (Fsp3) is 0.0769. The van der Waals surface area contributed by atoms with Crippen molar-refractivity contribution in [2.24, 2.45) is 5.10 Å². The van der Waals surface area contributed by atoms with Gasteiger partial charge in [-0.25, -0.2) is 5.43 Å². The maximum absolute atomic E-state index is 11.5. The second-order valence-corrected chi connectivity index (χ2v) is 5.01. The molecular formula is C13H10IN3O5. The number of hydrogen-bond acceptors (Lipinski definition) is 6. The first kappa shape index (κ1) is 15.9. The van der Waals surface area contributed by atoms with Crippen LogP contribution < -0.4 is 10.2 Å². The number of amides is 1. The highest BCUT2D eigenvalue weighted by Crippen LogP contribution is 2.25. The average Bonchev–Trinajstić information content (AvgIpc) is 2.91. The van der Waals surface area contributed by atoms with Crippen molar-refractivity contribution >= 4 is 40.4 Å². The molecule has 1 amide bonds.